The largest absolute Gasteiger partial charge is 0.399 e. The van der Waals surface area contributed by atoms with Crippen LogP contribution in [0.4, 0.5) is 5.69 Å². The van der Waals surface area contributed by atoms with Gasteiger partial charge in [0.1, 0.15) is 0 Å². The van der Waals surface area contributed by atoms with Crippen molar-refractivity contribution in [1.29, 1.82) is 0 Å². The van der Waals surface area contributed by atoms with Gasteiger partial charge in [0.15, 0.2) is 0 Å². The van der Waals surface area contributed by atoms with E-state index in [0.717, 1.165) is 17.1 Å². The summed E-state index contributed by atoms with van der Waals surface area (Å²) in [4.78, 5) is 12.1. The number of benzene rings is 1. The number of nitrogen functional groups attached to an aromatic ring is 1. The summed E-state index contributed by atoms with van der Waals surface area (Å²) < 4.78 is 25.8. The van der Waals surface area contributed by atoms with Gasteiger partial charge in [-0.15, -0.1) is 12.4 Å². The van der Waals surface area contributed by atoms with Gasteiger partial charge in [-0.3, -0.25) is 4.79 Å². The Kier molecular flexibility index (Phi) is 7.66. The average Bonchev–Trinajstić information content (AvgIpc) is 2.50. The first kappa shape index (κ1) is 20.1. The Morgan fingerprint density at radius 1 is 1.35 bits per heavy atom. The van der Waals surface area contributed by atoms with E-state index in [1.165, 1.54) is 4.31 Å². The molecule has 0 atom stereocenters. The molecule has 0 bridgehead atoms. The number of nitrogens with one attached hydrogen (secondary N) is 1. The molecule has 9 heteroatoms. The van der Waals surface area contributed by atoms with Crippen LogP contribution in [0.25, 0.3) is 0 Å². The number of carbonyl (C=O) groups is 1. The van der Waals surface area contributed by atoms with E-state index < -0.39 is 10.0 Å². The molecule has 0 aliphatic carbocycles. The highest BCUT2D eigenvalue weighted by Gasteiger charge is 2.23. The van der Waals surface area contributed by atoms with Crippen molar-refractivity contribution in [3.63, 3.8) is 0 Å². The number of nitrogens with two attached hydrogens (primary N) is 1. The van der Waals surface area contributed by atoms with Crippen molar-refractivity contribution in [3.05, 3.63) is 29.3 Å². The molecule has 130 valence electrons. The van der Waals surface area contributed by atoms with Gasteiger partial charge in [0.25, 0.3) is 5.91 Å². The summed E-state index contributed by atoms with van der Waals surface area (Å²) >= 11 is 1.76. The number of hydrogen-bond donors (Lipinski definition) is 2. The predicted molar refractivity (Wildman–Crippen MR) is 97.9 cm³/mol. The SMILES string of the molecule is Cc1ccc(N)cc1C(=O)NCCS(=O)(=O)N1CCSCC1.Cl. The summed E-state index contributed by atoms with van der Waals surface area (Å²) in [5, 5.41) is 2.66. The smallest absolute Gasteiger partial charge is 0.251 e. The zero-order valence-corrected chi connectivity index (χ0v) is 15.4. The normalized spacial score (nSPS) is 15.7. The first-order valence-corrected chi connectivity index (χ1v) is 9.86. The molecule has 0 unspecified atom stereocenters. The van der Waals surface area contributed by atoms with Gasteiger partial charge in [0.05, 0.1) is 5.75 Å². The van der Waals surface area contributed by atoms with Gasteiger partial charge in [-0.1, -0.05) is 6.07 Å². The fraction of sp³-hybridized carbons (Fsp3) is 0.500. The lowest BCUT2D eigenvalue weighted by molar-refractivity contribution is 0.0955. The molecule has 1 saturated heterocycles. The van der Waals surface area contributed by atoms with Gasteiger partial charge >= 0.3 is 0 Å². The zero-order valence-electron chi connectivity index (χ0n) is 12.9. The Morgan fingerprint density at radius 2 is 2.00 bits per heavy atom. The minimum absolute atomic E-state index is 0. The van der Waals surface area contributed by atoms with Crippen LogP contribution in [0, 0.1) is 6.92 Å². The second-order valence-corrected chi connectivity index (χ2v) is 8.47. The summed E-state index contributed by atoms with van der Waals surface area (Å²) in [6.45, 7) is 3.01. The molecule has 0 aromatic heterocycles. The molecule has 1 aliphatic rings. The van der Waals surface area contributed by atoms with Crippen LogP contribution in [0.1, 0.15) is 15.9 Å². The van der Waals surface area contributed by atoms with Crippen LogP contribution >= 0.6 is 24.2 Å². The van der Waals surface area contributed by atoms with E-state index in [4.69, 9.17) is 5.73 Å². The third-order valence-corrected chi connectivity index (χ3v) is 6.33. The lowest BCUT2D eigenvalue weighted by Crippen LogP contribution is -2.41. The van der Waals surface area contributed by atoms with Gasteiger partial charge in [-0.2, -0.15) is 11.8 Å². The third-order valence-electron chi connectivity index (χ3n) is 3.52. The number of aryl methyl sites for hydroxylation is 1. The Bertz CT molecular complexity index is 647. The lowest BCUT2D eigenvalue weighted by atomic mass is 10.1. The van der Waals surface area contributed by atoms with E-state index in [-0.39, 0.29) is 30.6 Å². The van der Waals surface area contributed by atoms with Crippen LogP contribution in [0.15, 0.2) is 18.2 Å². The topological polar surface area (TPSA) is 92.5 Å². The molecular formula is C14H22ClN3O3S2. The summed E-state index contributed by atoms with van der Waals surface area (Å²) in [7, 11) is -3.30. The molecule has 0 radical (unpaired) electrons. The minimum Gasteiger partial charge on any atom is -0.399 e. The van der Waals surface area contributed by atoms with Crippen LogP contribution < -0.4 is 11.1 Å². The summed E-state index contributed by atoms with van der Waals surface area (Å²) in [6.07, 6.45) is 0. The molecule has 0 saturated carbocycles. The van der Waals surface area contributed by atoms with Crippen molar-refractivity contribution in [1.82, 2.24) is 9.62 Å². The second-order valence-electron chi connectivity index (χ2n) is 5.16. The van der Waals surface area contributed by atoms with E-state index in [2.05, 4.69) is 5.32 Å². The highest BCUT2D eigenvalue weighted by atomic mass is 35.5. The maximum atomic E-state index is 12.2. The van der Waals surface area contributed by atoms with Crippen LogP contribution in [-0.2, 0) is 10.0 Å². The molecule has 6 nitrogen and oxygen atoms in total. The fourth-order valence-corrected chi connectivity index (χ4v) is 4.72. The summed E-state index contributed by atoms with van der Waals surface area (Å²) in [5.74, 6) is 1.28. The molecule has 1 aromatic carbocycles. The number of nitrogens with zero attached hydrogens (tertiary/aromatic N) is 1. The third kappa shape index (κ3) is 5.56. The Balaban J connectivity index is 0.00000264. The monoisotopic (exact) mass is 379 g/mol. The predicted octanol–water partition coefficient (Wildman–Crippen LogP) is 1.11. The van der Waals surface area contributed by atoms with Crippen LogP contribution in [-0.4, -0.2) is 55.5 Å². The number of carbonyl (C=O) groups excluding carboxylic acids is 1. The number of anilines is 1. The molecule has 1 fully saturated rings. The Labute approximate surface area is 147 Å². The second kappa shape index (κ2) is 8.77. The maximum Gasteiger partial charge on any atom is 0.251 e. The van der Waals surface area contributed by atoms with Crippen LogP contribution in [0.5, 0.6) is 0 Å². The van der Waals surface area contributed by atoms with Gasteiger partial charge in [-0.25, -0.2) is 12.7 Å². The molecule has 1 heterocycles. The van der Waals surface area contributed by atoms with E-state index in [1.807, 2.05) is 6.92 Å². The number of rotatable bonds is 5. The molecule has 1 aliphatic heterocycles. The quantitative estimate of drug-likeness (QED) is 0.747. The summed E-state index contributed by atoms with van der Waals surface area (Å²) in [6, 6.07) is 5.10. The van der Waals surface area contributed by atoms with Crippen molar-refractivity contribution >= 4 is 45.8 Å². The first-order chi connectivity index (χ1) is 10.4. The highest BCUT2D eigenvalue weighted by Crippen LogP contribution is 2.14. The van der Waals surface area contributed by atoms with Crippen molar-refractivity contribution in [2.24, 2.45) is 0 Å². The summed E-state index contributed by atoms with van der Waals surface area (Å²) in [5.41, 5.74) is 7.47. The van der Waals surface area contributed by atoms with Gasteiger partial charge in [-0.05, 0) is 24.6 Å². The number of hydrogen-bond acceptors (Lipinski definition) is 5. The zero-order chi connectivity index (χ0) is 16.2. The molecule has 23 heavy (non-hydrogen) atoms. The van der Waals surface area contributed by atoms with Gasteiger partial charge in [0.2, 0.25) is 10.0 Å². The number of amides is 1. The lowest BCUT2D eigenvalue weighted by Gasteiger charge is -2.25. The highest BCUT2D eigenvalue weighted by molar-refractivity contribution is 7.99. The fourth-order valence-electron chi connectivity index (χ4n) is 2.23. The molecular weight excluding hydrogens is 358 g/mol. The number of thioether (sulfide) groups is 1. The Hall–Kier alpha value is -0.960. The minimum atomic E-state index is -3.30. The molecule has 0 spiro atoms. The maximum absolute atomic E-state index is 12.2. The van der Waals surface area contributed by atoms with E-state index in [9.17, 15) is 13.2 Å². The van der Waals surface area contributed by atoms with Crippen molar-refractivity contribution in [3.8, 4) is 0 Å². The van der Waals surface area contributed by atoms with Gasteiger partial charge in [0, 0.05) is 42.4 Å². The van der Waals surface area contributed by atoms with E-state index >= 15 is 0 Å². The van der Waals surface area contributed by atoms with Crippen molar-refractivity contribution in [2.75, 3.05) is 42.6 Å². The molecule has 3 N–H and O–H groups in total. The standard InChI is InChI=1S/C14H21N3O3S2.ClH/c1-11-2-3-12(15)10-13(11)14(18)16-4-9-22(19,20)17-5-7-21-8-6-17;/h2-3,10H,4-9,15H2,1H3,(H,16,18);1H. The molecule has 2 rings (SSSR count). The van der Waals surface area contributed by atoms with Crippen LogP contribution in [0.2, 0.25) is 0 Å². The van der Waals surface area contributed by atoms with Crippen LogP contribution in [0.3, 0.4) is 0 Å². The molecule has 1 aromatic rings. The van der Waals surface area contributed by atoms with E-state index in [1.54, 1.807) is 30.0 Å². The van der Waals surface area contributed by atoms with Crippen molar-refractivity contribution < 1.29 is 13.2 Å². The van der Waals surface area contributed by atoms with Gasteiger partial charge < -0.3 is 11.1 Å². The molecule has 1 amide bonds. The Morgan fingerprint density at radius 3 is 2.65 bits per heavy atom. The number of sulfonamides is 1. The van der Waals surface area contributed by atoms with E-state index in [0.29, 0.717) is 24.3 Å². The number of halogens is 1. The first-order valence-electron chi connectivity index (χ1n) is 7.10. The average molecular weight is 380 g/mol. The van der Waals surface area contributed by atoms with Crippen molar-refractivity contribution in [2.45, 2.75) is 6.92 Å².